The number of rotatable bonds is 4. The van der Waals surface area contributed by atoms with Gasteiger partial charge in [-0.25, -0.2) is 14.9 Å². The molecule has 0 bridgehead atoms. The van der Waals surface area contributed by atoms with Crippen molar-refractivity contribution in [1.82, 2.24) is 10.1 Å². The largest absolute Gasteiger partial charge is 0.345 e. The molecule has 7 nitrogen and oxygen atoms in total. The van der Waals surface area contributed by atoms with Crippen LogP contribution in [0, 0.1) is 0 Å². The summed E-state index contributed by atoms with van der Waals surface area (Å²) in [6.07, 6.45) is 0. The van der Waals surface area contributed by atoms with Crippen molar-refractivity contribution in [2.24, 2.45) is 0 Å². The Bertz CT molecular complexity index is 843. The number of benzene rings is 2. The Morgan fingerprint density at radius 3 is 2.85 bits per heavy atom. The third-order valence-electron chi connectivity index (χ3n) is 4.03. The lowest BCUT2D eigenvalue weighted by Gasteiger charge is -2.28. The predicted octanol–water partition coefficient (Wildman–Crippen LogP) is 3.45. The third kappa shape index (κ3) is 3.80. The van der Waals surface area contributed by atoms with Crippen molar-refractivity contribution in [3.63, 3.8) is 0 Å². The molecule has 1 aliphatic rings. The highest BCUT2D eigenvalue weighted by Gasteiger charge is 2.25. The first-order chi connectivity index (χ1) is 12.5. The maximum Gasteiger partial charge on any atom is 0.345 e. The van der Waals surface area contributed by atoms with Crippen molar-refractivity contribution in [2.45, 2.75) is 13.2 Å². The highest BCUT2D eigenvalue weighted by atomic mass is 35.5. The maximum atomic E-state index is 12.5. The van der Waals surface area contributed by atoms with Crippen LogP contribution in [0.25, 0.3) is 0 Å². The van der Waals surface area contributed by atoms with Gasteiger partial charge >= 0.3 is 6.03 Å². The minimum Gasteiger partial charge on any atom is -0.306 e. The van der Waals surface area contributed by atoms with Crippen LogP contribution in [0.1, 0.15) is 21.5 Å². The number of hydrogen-bond donors (Lipinski definition) is 1. The van der Waals surface area contributed by atoms with E-state index < -0.39 is 6.03 Å². The van der Waals surface area contributed by atoms with E-state index in [9.17, 15) is 9.59 Å². The maximum absolute atomic E-state index is 12.5. The van der Waals surface area contributed by atoms with Crippen molar-refractivity contribution in [3.8, 4) is 0 Å². The van der Waals surface area contributed by atoms with Crippen molar-refractivity contribution in [2.75, 3.05) is 19.5 Å². The molecule has 1 heterocycles. The number of nitrogens with zero attached hydrogens (tertiary/aromatic N) is 2. The van der Waals surface area contributed by atoms with E-state index >= 15 is 0 Å². The van der Waals surface area contributed by atoms with Gasteiger partial charge in [0.25, 0.3) is 5.91 Å². The van der Waals surface area contributed by atoms with E-state index in [1.54, 1.807) is 24.3 Å². The van der Waals surface area contributed by atoms with Gasteiger partial charge in [-0.05, 0) is 29.3 Å². The van der Waals surface area contributed by atoms with Crippen molar-refractivity contribution in [3.05, 3.63) is 64.2 Å². The van der Waals surface area contributed by atoms with E-state index in [1.807, 2.05) is 18.2 Å². The molecule has 0 aromatic heterocycles. The van der Waals surface area contributed by atoms with Gasteiger partial charge in [-0.1, -0.05) is 35.9 Å². The van der Waals surface area contributed by atoms with Gasteiger partial charge in [0.05, 0.1) is 13.7 Å². The van der Waals surface area contributed by atoms with Crippen LogP contribution >= 0.6 is 11.6 Å². The number of hydroxylamine groups is 4. The summed E-state index contributed by atoms with van der Waals surface area (Å²) in [5, 5.41) is 5.41. The van der Waals surface area contributed by atoms with E-state index in [2.05, 4.69) is 5.32 Å². The molecule has 1 aliphatic heterocycles. The van der Waals surface area contributed by atoms with Crippen LogP contribution in [0.15, 0.2) is 42.5 Å². The smallest absolute Gasteiger partial charge is 0.306 e. The fourth-order valence-corrected chi connectivity index (χ4v) is 2.75. The molecule has 0 spiro atoms. The fraction of sp³-hybridized carbons (Fsp3) is 0.222. The fourth-order valence-electron chi connectivity index (χ4n) is 2.51. The van der Waals surface area contributed by atoms with Crippen LogP contribution < -0.4 is 5.32 Å². The Balaban J connectivity index is 1.71. The van der Waals surface area contributed by atoms with Crippen LogP contribution in [0.5, 0.6) is 0 Å². The van der Waals surface area contributed by atoms with Gasteiger partial charge < -0.3 is 5.32 Å². The number of hydrogen-bond acceptors (Lipinski definition) is 4. The van der Waals surface area contributed by atoms with Gasteiger partial charge in [-0.15, -0.1) is 0 Å². The summed E-state index contributed by atoms with van der Waals surface area (Å²) in [4.78, 5) is 34.7. The summed E-state index contributed by atoms with van der Waals surface area (Å²) in [6, 6.07) is 12.0. The quantitative estimate of drug-likeness (QED) is 0.831. The van der Waals surface area contributed by atoms with Gasteiger partial charge in [0.2, 0.25) is 0 Å². The Hall–Kier alpha value is -2.61. The molecular weight excluding hydrogens is 358 g/mol. The Kier molecular flexibility index (Phi) is 5.41. The Morgan fingerprint density at radius 2 is 2.12 bits per heavy atom. The van der Waals surface area contributed by atoms with Crippen molar-refractivity contribution < 1.29 is 19.3 Å². The van der Waals surface area contributed by atoms with Crippen molar-refractivity contribution in [1.29, 1.82) is 0 Å². The Morgan fingerprint density at radius 1 is 1.35 bits per heavy atom. The molecule has 136 valence electrons. The van der Waals surface area contributed by atoms with Crippen molar-refractivity contribution >= 4 is 29.2 Å². The molecule has 3 rings (SSSR count). The second-order valence-corrected chi connectivity index (χ2v) is 6.10. The molecule has 0 radical (unpaired) electrons. The van der Waals surface area contributed by atoms with Crippen LogP contribution in [0.2, 0.25) is 5.02 Å². The molecule has 2 aromatic rings. The summed E-state index contributed by atoms with van der Waals surface area (Å²) >= 11 is 6.30. The van der Waals surface area contributed by atoms with E-state index in [1.165, 1.54) is 19.2 Å². The summed E-state index contributed by atoms with van der Waals surface area (Å²) in [5.41, 5.74) is 2.71. The van der Waals surface area contributed by atoms with Gasteiger partial charge in [-0.2, -0.15) is 0 Å². The minimum atomic E-state index is -0.428. The predicted molar refractivity (Wildman–Crippen MR) is 96.3 cm³/mol. The summed E-state index contributed by atoms with van der Waals surface area (Å²) in [7, 11) is 2.88. The van der Waals surface area contributed by atoms with E-state index in [4.69, 9.17) is 21.3 Å². The number of halogens is 1. The monoisotopic (exact) mass is 375 g/mol. The van der Waals surface area contributed by atoms with Gasteiger partial charge in [0, 0.05) is 23.3 Å². The van der Waals surface area contributed by atoms with E-state index in [0.717, 1.165) is 10.6 Å². The molecule has 0 atom stereocenters. The molecular formula is C18H18ClN3O4. The minimum absolute atomic E-state index is 0.206. The first-order valence-corrected chi connectivity index (χ1v) is 8.27. The highest BCUT2D eigenvalue weighted by Crippen LogP contribution is 2.26. The lowest BCUT2D eigenvalue weighted by atomic mass is 10.1. The first-order valence-electron chi connectivity index (χ1n) is 7.89. The number of carbonyl (C=O) groups is 2. The van der Waals surface area contributed by atoms with E-state index in [0.29, 0.717) is 28.4 Å². The lowest BCUT2D eigenvalue weighted by molar-refractivity contribution is -0.146. The highest BCUT2D eigenvalue weighted by molar-refractivity contribution is 6.31. The molecule has 0 unspecified atom stereocenters. The van der Waals surface area contributed by atoms with Crippen LogP contribution in [-0.4, -0.2) is 36.2 Å². The number of fused-ring (bicyclic) bond motifs is 1. The zero-order valence-electron chi connectivity index (χ0n) is 14.4. The number of carbonyl (C=O) groups excluding carboxylic acids is 2. The summed E-state index contributed by atoms with van der Waals surface area (Å²) in [5.74, 6) is -0.206. The van der Waals surface area contributed by atoms with Crippen LogP contribution in [0.3, 0.4) is 0 Å². The second kappa shape index (κ2) is 7.74. The lowest BCUT2D eigenvalue weighted by Crippen LogP contribution is -2.35. The number of urea groups is 1. The number of anilines is 1. The zero-order chi connectivity index (χ0) is 18.7. The molecule has 3 amide bonds. The molecule has 26 heavy (non-hydrogen) atoms. The molecule has 0 saturated carbocycles. The molecule has 8 heteroatoms. The molecule has 2 aromatic carbocycles. The molecule has 1 N–H and O–H groups in total. The third-order valence-corrected chi connectivity index (χ3v) is 4.38. The van der Waals surface area contributed by atoms with Gasteiger partial charge in [0.1, 0.15) is 6.61 Å². The van der Waals surface area contributed by atoms with Gasteiger partial charge in [-0.3, -0.25) is 14.5 Å². The standard InChI is InChI=1S/C18H18ClN3O4/c1-21(25-2)18(24)20-14-8-7-12(16(19)9-14)10-22-17(23)15-6-4-3-5-13(15)11-26-22/h3-9H,10-11H2,1-2H3,(H,20,24). The van der Waals surface area contributed by atoms with E-state index in [-0.39, 0.29) is 12.5 Å². The van der Waals surface area contributed by atoms with Gasteiger partial charge in [0.15, 0.2) is 0 Å². The number of nitrogens with one attached hydrogen (secondary N) is 1. The topological polar surface area (TPSA) is 71.1 Å². The number of amides is 3. The second-order valence-electron chi connectivity index (χ2n) is 5.69. The first kappa shape index (κ1) is 18.2. The van der Waals surface area contributed by atoms with Crippen LogP contribution in [-0.2, 0) is 22.8 Å². The average Bonchev–Trinajstić information content (AvgIpc) is 2.65. The Labute approximate surface area is 156 Å². The average molecular weight is 376 g/mol. The zero-order valence-corrected chi connectivity index (χ0v) is 15.1. The molecule has 0 fully saturated rings. The molecule has 0 aliphatic carbocycles. The summed E-state index contributed by atoms with van der Waals surface area (Å²) < 4.78 is 0. The normalized spacial score (nSPS) is 13.3. The summed E-state index contributed by atoms with van der Waals surface area (Å²) in [6.45, 7) is 0.537. The van der Waals surface area contributed by atoms with Crippen LogP contribution in [0.4, 0.5) is 10.5 Å². The SMILES string of the molecule is CON(C)C(=O)Nc1ccc(CN2OCc3ccccc3C2=O)c(Cl)c1. The molecule has 0 saturated heterocycles.